The van der Waals surface area contributed by atoms with E-state index in [2.05, 4.69) is 20.8 Å². The number of anilines is 3. The Bertz CT molecular complexity index is 959. The number of esters is 1. The summed E-state index contributed by atoms with van der Waals surface area (Å²) in [5.74, 6) is -0.481. The molecule has 0 aliphatic carbocycles. The number of nitrogens with zero attached hydrogens (tertiary/aromatic N) is 2. The molecule has 1 aromatic heterocycles. The third-order valence-corrected chi connectivity index (χ3v) is 3.85. The van der Waals surface area contributed by atoms with E-state index >= 15 is 0 Å². The highest BCUT2D eigenvalue weighted by atomic mass is 35.5. The van der Waals surface area contributed by atoms with Crippen LogP contribution in [0.25, 0.3) is 0 Å². The highest BCUT2D eigenvalue weighted by Crippen LogP contribution is 2.20. The minimum Gasteiger partial charge on any atom is -0.465 e. The number of hydrogen-bond donors (Lipinski definition) is 2. The molecule has 1 amide bonds. The molecule has 7 nitrogen and oxygen atoms in total. The number of ether oxygens (including phenoxy) is 1. The molecule has 0 fully saturated rings. The molecule has 0 saturated heterocycles. The second-order valence-electron chi connectivity index (χ2n) is 5.43. The maximum Gasteiger partial charge on any atom is 0.339 e. The Labute approximate surface area is 160 Å². The Hall–Kier alpha value is -3.45. The average Bonchev–Trinajstić information content (AvgIpc) is 2.70. The summed E-state index contributed by atoms with van der Waals surface area (Å²) in [5, 5.41) is 14.2. The van der Waals surface area contributed by atoms with E-state index in [1.54, 1.807) is 54.6 Å². The molecule has 0 saturated carbocycles. The van der Waals surface area contributed by atoms with Crippen molar-refractivity contribution in [3.63, 3.8) is 0 Å². The van der Waals surface area contributed by atoms with Crippen LogP contribution in [0.1, 0.15) is 20.8 Å². The zero-order valence-electron chi connectivity index (χ0n) is 14.3. The number of carbonyl (C=O) groups is 2. The summed E-state index contributed by atoms with van der Waals surface area (Å²) in [4.78, 5) is 24.0. The van der Waals surface area contributed by atoms with Gasteiger partial charge in [-0.25, -0.2) is 4.79 Å². The van der Waals surface area contributed by atoms with Crippen molar-refractivity contribution >= 4 is 40.7 Å². The molecule has 0 bridgehead atoms. The standard InChI is InChI=1S/C19H15ClN4O3/c1-27-19(26)14-4-2-3-5-15(14)22-17-11-10-16(23-24-17)18(25)21-13-8-6-12(20)7-9-13/h2-11H,1H3,(H,21,25)(H,22,24). The fourth-order valence-electron chi connectivity index (χ4n) is 2.27. The lowest BCUT2D eigenvalue weighted by atomic mass is 10.2. The van der Waals surface area contributed by atoms with Gasteiger partial charge in [0.1, 0.15) is 0 Å². The number of halogens is 1. The van der Waals surface area contributed by atoms with Crippen molar-refractivity contribution in [2.24, 2.45) is 0 Å². The van der Waals surface area contributed by atoms with E-state index in [9.17, 15) is 9.59 Å². The molecule has 0 spiro atoms. The van der Waals surface area contributed by atoms with Gasteiger partial charge in [0, 0.05) is 10.7 Å². The van der Waals surface area contributed by atoms with E-state index in [1.807, 2.05) is 0 Å². The second-order valence-corrected chi connectivity index (χ2v) is 5.86. The number of nitrogens with one attached hydrogen (secondary N) is 2. The van der Waals surface area contributed by atoms with Gasteiger partial charge in [-0.2, -0.15) is 0 Å². The fourth-order valence-corrected chi connectivity index (χ4v) is 2.39. The normalized spacial score (nSPS) is 10.1. The Balaban J connectivity index is 1.71. The second kappa shape index (κ2) is 8.29. The predicted molar refractivity (Wildman–Crippen MR) is 103 cm³/mol. The maximum absolute atomic E-state index is 12.2. The van der Waals surface area contributed by atoms with Crippen molar-refractivity contribution in [2.45, 2.75) is 0 Å². The third kappa shape index (κ3) is 4.59. The topological polar surface area (TPSA) is 93.2 Å². The molecule has 0 unspecified atom stereocenters. The minimum absolute atomic E-state index is 0.150. The first-order valence-corrected chi connectivity index (χ1v) is 8.29. The Morgan fingerprint density at radius 3 is 2.37 bits per heavy atom. The molecular formula is C19H15ClN4O3. The van der Waals surface area contributed by atoms with Gasteiger partial charge >= 0.3 is 5.97 Å². The lowest BCUT2D eigenvalue weighted by molar-refractivity contribution is 0.0601. The first-order chi connectivity index (χ1) is 13.1. The number of amides is 1. The van der Waals surface area contributed by atoms with E-state index < -0.39 is 11.9 Å². The van der Waals surface area contributed by atoms with Crippen molar-refractivity contribution in [3.05, 3.63) is 76.9 Å². The largest absolute Gasteiger partial charge is 0.465 e. The highest BCUT2D eigenvalue weighted by molar-refractivity contribution is 6.30. The predicted octanol–water partition coefficient (Wildman–Crippen LogP) is 3.91. The number of methoxy groups -OCH3 is 1. The zero-order valence-corrected chi connectivity index (χ0v) is 15.0. The van der Waals surface area contributed by atoms with E-state index in [0.717, 1.165) is 0 Å². The van der Waals surface area contributed by atoms with Gasteiger partial charge in [0.05, 0.1) is 18.4 Å². The molecule has 8 heteroatoms. The lowest BCUT2D eigenvalue weighted by Gasteiger charge is -2.10. The van der Waals surface area contributed by atoms with E-state index in [-0.39, 0.29) is 5.69 Å². The first kappa shape index (κ1) is 18.3. The molecule has 136 valence electrons. The Morgan fingerprint density at radius 2 is 1.70 bits per heavy atom. The summed E-state index contributed by atoms with van der Waals surface area (Å²) in [6, 6.07) is 16.7. The van der Waals surface area contributed by atoms with Crippen LogP contribution >= 0.6 is 11.6 Å². The van der Waals surface area contributed by atoms with Crippen LogP contribution in [-0.2, 0) is 4.74 Å². The molecule has 3 aromatic rings. The van der Waals surface area contributed by atoms with Gasteiger partial charge in [-0.1, -0.05) is 23.7 Å². The van der Waals surface area contributed by atoms with Gasteiger partial charge in [-0.3, -0.25) is 4.79 Å². The van der Waals surface area contributed by atoms with E-state index in [4.69, 9.17) is 16.3 Å². The van der Waals surface area contributed by atoms with E-state index in [0.29, 0.717) is 27.8 Å². The number of benzene rings is 2. The average molecular weight is 383 g/mol. The Morgan fingerprint density at radius 1 is 0.963 bits per heavy atom. The molecule has 27 heavy (non-hydrogen) atoms. The zero-order chi connectivity index (χ0) is 19.2. The molecule has 2 N–H and O–H groups in total. The van der Waals surface area contributed by atoms with Crippen LogP contribution in [0.5, 0.6) is 0 Å². The number of aromatic nitrogens is 2. The molecule has 0 radical (unpaired) electrons. The van der Waals surface area contributed by atoms with Gasteiger partial charge in [0.2, 0.25) is 0 Å². The van der Waals surface area contributed by atoms with Crippen LogP contribution in [0.4, 0.5) is 17.2 Å². The van der Waals surface area contributed by atoms with Crippen molar-refractivity contribution in [1.82, 2.24) is 10.2 Å². The summed E-state index contributed by atoms with van der Waals surface area (Å²) < 4.78 is 4.75. The number of rotatable bonds is 5. The van der Waals surface area contributed by atoms with Crippen LogP contribution < -0.4 is 10.6 Å². The fraction of sp³-hybridized carbons (Fsp3) is 0.0526. The molecule has 3 rings (SSSR count). The molecule has 0 aliphatic heterocycles. The van der Waals surface area contributed by atoms with Crippen LogP contribution in [-0.4, -0.2) is 29.2 Å². The van der Waals surface area contributed by atoms with Gasteiger partial charge < -0.3 is 15.4 Å². The lowest BCUT2D eigenvalue weighted by Crippen LogP contribution is -2.14. The monoisotopic (exact) mass is 382 g/mol. The van der Waals surface area contributed by atoms with Gasteiger partial charge in [0.15, 0.2) is 11.5 Å². The quantitative estimate of drug-likeness (QED) is 0.650. The summed E-state index contributed by atoms with van der Waals surface area (Å²) in [6.07, 6.45) is 0. The molecule has 0 atom stereocenters. The molecule has 0 aliphatic rings. The maximum atomic E-state index is 12.2. The summed E-state index contributed by atoms with van der Waals surface area (Å²) in [7, 11) is 1.31. The van der Waals surface area contributed by atoms with Crippen LogP contribution in [0.15, 0.2) is 60.7 Å². The molecule has 1 heterocycles. The van der Waals surface area contributed by atoms with Crippen LogP contribution in [0.2, 0.25) is 5.02 Å². The number of carbonyl (C=O) groups excluding carboxylic acids is 2. The highest BCUT2D eigenvalue weighted by Gasteiger charge is 2.13. The SMILES string of the molecule is COC(=O)c1ccccc1Nc1ccc(C(=O)Nc2ccc(Cl)cc2)nn1. The summed E-state index contributed by atoms with van der Waals surface area (Å²) in [6.45, 7) is 0. The molecular weight excluding hydrogens is 368 g/mol. The van der Waals surface area contributed by atoms with Gasteiger partial charge in [0.25, 0.3) is 5.91 Å². The summed E-state index contributed by atoms with van der Waals surface area (Å²) in [5.41, 5.74) is 1.64. The van der Waals surface area contributed by atoms with Gasteiger partial charge in [-0.05, 0) is 48.5 Å². The van der Waals surface area contributed by atoms with Gasteiger partial charge in [-0.15, -0.1) is 10.2 Å². The first-order valence-electron chi connectivity index (χ1n) is 7.92. The van der Waals surface area contributed by atoms with Crippen molar-refractivity contribution in [1.29, 1.82) is 0 Å². The van der Waals surface area contributed by atoms with Crippen LogP contribution in [0.3, 0.4) is 0 Å². The smallest absolute Gasteiger partial charge is 0.339 e. The Kier molecular flexibility index (Phi) is 5.63. The third-order valence-electron chi connectivity index (χ3n) is 3.59. The van der Waals surface area contributed by atoms with Crippen molar-refractivity contribution in [3.8, 4) is 0 Å². The van der Waals surface area contributed by atoms with Crippen LogP contribution in [0, 0.1) is 0 Å². The minimum atomic E-state index is -0.468. The van der Waals surface area contributed by atoms with E-state index in [1.165, 1.54) is 13.2 Å². The molecule has 2 aromatic carbocycles. The number of para-hydroxylation sites is 1. The number of hydrogen-bond acceptors (Lipinski definition) is 6. The summed E-state index contributed by atoms with van der Waals surface area (Å²) >= 11 is 5.82. The van der Waals surface area contributed by atoms with Crippen molar-refractivity contribution in [2.75, 3.05) is 17.7 Å². The van der Waals surface area contributed by atoms with Crippen molar-refractivity contribution < 1.29 is 14.3 Å².